The van der Waals surface area contributed by atoms with E-state index in [1.807, 2.05) is 18.2 Å². The predicted molar refractivity (Wildman–Crippen MR) is 59.6 cm³/mol. The number of methoxy groups -OCH3 is 1. The quantitative estimate of drug-likeness (QED) is 0.787. The summed E-state index contributed by atoms with van der Waals surface area (Å²) in [5.74, 6) is -0.00607. The molecule has 86 valence electrons. The summed E-state index contributed by atoms with van der Waals surface area (Å²) >= 11 is 0. The summed E-state index contributed by atoms with van der Waals surface area (Å²) < 4.78 is 5.14. The summed E-state index contributed by atoms with van der Waals surface area (Å²) in [5.41, 5.74) is 1.32. The van der Waals surface area contributed by atoms with Gasteiger partial charge in [0.1, 0.15) is 11.3 Å². The first kappa shape index (κ1) is 11.0. The molecule has 0 bridgehead atoms. The molecule has 0 spiro atoms. The topological polar surface area (TPSA) is 58.6 Å². The van der Waals surface area contributed by atoms with E-state index in [4.69, 9.17) is 9.84 Å². The molecule has 4 heteroatoms. The maximum Gasteiger partial charge on any atom is 0.323 e. The summed E-state index contributed by atoms with van der Waals surface area (Å²) in [6, 6.07) is 5.76. The van der Waals surface area contributed by atoms with Crippen molar-refractivity contribution < 1.29 is 14.6 Å². The average molecular weight is 221 g/mol. The molecule has 0 aromatic heterocycles. The fourth-order valence-electron chi connectivity index (χ4n) is 1.95. The third-order valence-electron chi connectivity index (χ3n) is 3.10. The number of nitrogens with one attached hydrogen (secondary N) is 1. The Balaban J connectivity index is 2.32. The van der Waals surface area contributed by atoms with Crippen LogP contribution in [-0.4, -0.2) is 23.7 Å². The van der Waals surface area contributed by atoms with Gasteiger partial charge in [0.05, 0.1) is 7.11 Å². The molecule has 0 radical (unpaired) electrons. The predicted octanol–water partition coefficient (Wildman–Crippen LogP) is 1.18. The molecule has 2 N–H and O–H groups in total. The van der Waals surface area contributed by atoms with Gasteiger partial charge >= 0.3 is 5.97 Å². The van der Waals surface area contributed by atoms with Gasteiger partial charge in [0.2, 0.25) is 0 Å². The Morgan fingerprint density at radius 3 is 2.88 bits per heavy atom. The molecule has 1 aromatic rings. The van der Waals surface area contributed by atoms with Gasteiger partial charge in [0.15, 0.2) is 0 Å². The van der Waals surface area contributed by atoms with Gasteiger partial charge in [-0.1, -0.05) is 6.07 Å². The summed E-state index contributed by atoms with van der Waals surface area (Å²) in [5, 5.41) is 12.2. The highest BCUT2D eigenvalue weighted by Crippen LogP contribution is 2.26. The van der Waals surface area contributed by atoms with Gasteiger partial charge in [0, 0.05) is 13.0 Å². The molecule has 1 aliphatic heterocycles. The number of aliphatic carboxylic acids is 1. The molecular weight excluding hydrogens is 206 g/mol. The highest BCUT2D eigenvalue weighted by atomic mass is 16.5. The first-order valence-corrected chi connectivity index (χ1v) is 5.19. The average Bonchev–Trinajstić information content (AvgIpc) is 2.28. The van der Waals surface area contributed by atoms with Crippen LogP contribution in [0.3, 0.4) is 0 Å². The number of fused-ring (bicyclic) bond motifs is 1. The van der Waals surface area contributed by atoms with Crippen molar-refractivity contribution >= 4 is 5.97 Å². The summed E-state index contributed by atoms with van der Waals surface area (Å²) in [4.78, 5) is 11.1. The zero-order valence-electron chi connectivity index (χ0n) is 9.41. The number of rotatable bonds is 2. The molecule has 16 heavy (non-hydrogen) atoms. The van der Waals surface area contributed by atoms with E-state index in [0.29, 0.717) is 13.0 Å². The van der Waals surface area contributed by atoms with Crippen molar-refractivity contribution in [2.75, 3.05) is 7.11 Å². The van der Waals surface area contributed by atoms with Crippen LogP contribution >= 0.6 is 0 Å². The molecule has 4 nitrogen and oxygen atoms in total. The number of carboxylic acids is 1. The fourth-order valence-corrected chi connectivity index (χ4v) is 1.95. The standard InChI is InChI=1S/C12H15NO3/c1-12(11(14)15)6-8-3-4-10(16-2)5-9(8)7-13-12/h3-5,13H,6-7H2,1-2H3,(H,14,15). The van der Waals surface area contributed by atoms with Gasteiger partial charge in [0.25, 0.3) is 0 Å². The van der Waals surface area contributed by atoms with Crippen molar-refractivity contribution in [3.8, 4) is 5.75 Å². The van der Waals surface area contributed by atoms with Crippen LogP contribution in [0, 0.1) is 0 Å². The smallest absolute Gasteiger partial charge is 0.323 e. The number of ether oxygens (including phenoxy) is 1. The van der Waals surface area contributed by atoms with Crippen LogP contribution in [0.15, 0.2) is 18.2 Å². The number of carboxylic acid groups (broad SMARTS) is 1. The molecule has 0 saturated carbocycles. The van der Waals surface area contributed by atoms with Crippen LogP contribution in [0.1, 0.15) is 18.1 Å². The van der Waals surface area contributed by atoms with Crippen molar-refractivity contribution in [1.82, 2.24) is 5.32 Å². The molecule has 1 heterocycles. The second-order valence-corrected chi connectivity index (χ2v) is 4.30. The molecular formula is C12H15NO3. The molecule has 1 aliphatic rings. The lowest BCUT2D eigenvalue weighted by molar-refractivity contribution is -0.144. The van der Waals surface area contributed by atoms with Crippen molar-refractivity contribution in [3.05, 3.63) is 29.3 Å². The second kappa shape index (κ2) is 3.79. The third-order valence-corrected chi connectivity index (χ3v) is 3.10. The lowest BCUT2D eigenvalue weighted by Gasteiger charge is -2.32. The first-order valence-electron chi connectivity index (χ1n) is 5.19. The molecule has 1 atom stereocenters. The van der Waals surface area contributed by atoms with Crippen molar-refractivity contribution in [2.24, 2.45) is 0 Å². The third kappa shape index (κ3) is 1.76. The normalized spacial score (nSPS) is 23.6. The maximum absolute atomic E-state index is 11.1. The Bertz CT molecular complexity index is 430. The molecule has 0 aliphatic carbocycles. The van der Waals surface area contributed by atoms with Crippen LogP contribution < -0.4 is 10.1 Å². The van der Waals surface area contributed by atoms with E-state index >= 15 is 0 Å². The van der Waals surface area contributed by atoms with Gasteiger partial charge in [-0.2, -0.15) is 0 Å². The number of carbonyl (C=O) groups is 1. The van der Waals surface area contributed by atoms with Crippen molar-refractivity contribution in [3.63, 3.8) is 0 Å². The van der Waals surface area contributed by atoms with Crippen LogP contribution in [0.4, 0.5) is 0 Å². The van der Waals surface area contributed by atoms with Gasteiger partial charge < -0.3 is 9.84 Å². The van der Waals surface area contributed by atoms with Crippen LogP contribution in [-0.2, 0) is 17.8 Å². The van der Waals surface area contributed by atoms with Crippen LogP contribution in [0.5, 0.6) is 5.75 Å². The largest absolute Gasteiger partial charge is 0.497 e. The monoisotopic (exact) mass is 221 g/mol. The zero-order valence-corrected chi connectivity index (χ0v) is 9.41. The molecule has 0 amide bonds. The number of hydrogen-bond acceptors (Lipinski definition) is 3. The molecule has 0 saturated heterocycles. The van der Waals surface area contributed by atoms with Crippen LogP contribution in [0.2, 0.25) is 0 Å². The lowest BCUT2D eigenvalue weighted by Crippen LogP contribution is -2.53. The molecule has 1 aromatic carbocycles. The van der Waals surface area contributed by atoms with E-state index in [0.717, 1.165) is 16.9 Å². The lowest BCUT2D eigenvalue weighted by atomic mass is 9.86. The highest BCUT2D eigenvalue weighted by Gasteiger charge is 2.36. The zero-order chi connectivity index (χ0) is 11.8. The minimum Gasteiger partial charge on any atom is -0.497 e. The Labute approximate surface area is 94.2 Å². The Hall–Kier alpha value is -1.55. The van der Waals surface area contributed by atoms with Gasteiger partial charge in [-0.15, -0.1) is 0 Å². The SMILES string of the molecule is COc1ccc2c(c1)CNC(C)(C(=O)O)C2. The summed E-state index contributed by atoms with van der Waals surface area (Å²) in [7, 11) is 1.62. The summed E-state index contributed by atoms with van der Waals surface area (Å²) in [6.07, 6.45) is 0.502. The molecule has 1 unspecified atom stereocenters. The van der Waals surface area contributed by atoms with E-state index in [1.54, 1.807) is 14.0 Å². The Morgan fingerprint density at radius 1 is 1.50 bits per heavy atom. The van der Waals surface area contributed by atoms with E-state index in [-0.39, 0.29) is 0 Å². The number of benzene rings is 1. The van der Waals surface area contributed by atoms with Crippen molar-refractivity contribution in [2.45, 2.75) is 25.4 Å². The second-order valence-electron chi connectivity index (χ2n) is 4.30. The van der Waals surface area contributed by atoms with Crippen molar-refractivity contribution in [1.29, 1.82) is 0 Å². The van der Waals surface area contributed by atoms with E-state index < -0.39 is 11.5 Å². The summed E-state index contributed by atoms with van der Waals surface area (Å²) in [6.45, 7) is 2.28. The minimum absolute atomic E-state index is 0.502. The molecule has 0 fully saturated rings. The fraction of sp³-hybridized carbons (Fsp3) is 0.417. The van der Waals surface area contributed by atoms with E-state index in [9.17, 15) is 4.79 Å². The minimum atomic E-state index is -0.860. The van der Waals surface area contributed by atoms with Gasteiger partial charge in [-0.05, 0) is 30.2 Å². The highest BCUT2D eigenvalue weighted by molar-refractivity contribution is 5.79. The van der Waals surface area contributed by atoms with Gasteiger partial charge in [-0.3, -0.25) is 10.1 Å². The number of hydrogen-bond donors (Lipinski definition) is 2. The first-order chi connectivity index (χ1) is 7.55. The molecule has 2 rings (SSSR count). The van der Waals surface area contributed by atoms with E-state index in [1.165, 1.54) is 0 Å². The van der Waals surface area contributed by atoms with Crippen LogP contribution in [0.25, 0.3) is 0 Å². The van der Waals surface area contributed by atoms with E-state index in [2.05, 4.69) is 5.32 Å². The Morgan fingerprint density at radius 2 is 2.25 bits per heavy atom. The van der Waals surface area contributed by atoms with Gasteiger partial charge in [-0.25, -0.2) is 0 Å². The Kier molecular flexibility index (Phi) is 2.59. The maximum atomic E-state index is 11.1.